The third-order valence-corrected chi connectivity index (χ3v) is 3.92. The molecule has 0 bridgehead atoms. The number of thiazole rings is 1. The minimum absolute atomic E-state index is 0.386. The fourth-order valence-electron chi connectivity index (χ4n) is 1.77. The molecule has 0 fully saturated rings. The molecular weight excluding hydrogens is 296 g/mol. The van der Waals surface area contributed by atoms with Gasteiger partial charge in [0.2, 0.25) is 0 Å². The van der Waals surface area contributed by atoms with Crippen molar-refractivity contribution in [3.63, 3.8) is 0 Å². The highest BCUT2D eigenvalue weighted by atomic mass is 79.9. The Morgan fingerprint density at radius 1 is 1.47 bits per heavy atom. The summed E-state index contributed by atoms with van der Waals surface area (Å²) in [6.07, 6.45) is 2.92. The standard InChI is InChI=1S/C13H15BrN2S/c1-2-12(10-4-3-5-11(14)8-10)16-9-13-15-6-7-17-13/h3-8,12,16H,2,9H2,1H3. The van der Waals surface area contributed by atoms with Crippen LogP contribution in [0.3, 0.4) is 0 Å². The molecule has 1 unspecified atom stereocenters. The minimum atomic E-state index is 0.386. The molecule has 1 aromatic carbocycles. The van der Waals surface area contributed by atoms with E-state index in [0.29, 0.717) is 6.04 Å². The van der Waals surface area contributed by atoms with E-state index in [1.165, 1.54) is 5.56 Å². The van der Waals surface area contributed by atoms with Gasteiger partial charge >= 0.3 is 0 Å². The summed E-state index contributed by atoms with van der Waals surface area (Å²) in [5.41, 5.74) is 1.32. The molecule has 1 heterocycles. The maximum Gasteiger partial charge on any atom is 0.106 e. The lowest BCUT2D eigenvalue weighted by Gasteiger charge is -2.16. The maximum absolute atomic E-state index is 4.28. The topological polar surface area (TPSA) is 24.9 Å². The number of nitrogens with one attached hydrogen (secondary N) is 1. The summed E-state index contributed by atoms with van der Waals surface area (Å²) in [6, 6.07) is 8.84. The van der Waals surface area contributed by atoms with Crippen LogP contribution in [0.1, 0.15) is 30.0 Å². The molecule has 1 N–H and O–H groups in total. The van der Waals surface area contributed by atoms with Crippen molar-refractivity contribution in [2.45, 2.75) is 25.9 Å². The largest absolute Gasteiger partial charge is 0.304 e. The van der Waals surface area contributed by atoms with Gasteiger partial charge in [-0.25, -0.2) is 4.98 Å². The second kappa shape index (κ2) is 6.28. The molecule has 0 spiro atoms. The molecule has 2 rings (SSSR count). The van der Waals surface area contributed by atoms with Crippen molar-refractivity contribution in [1.82, 2.24) is 10.3 Å². The quantitative estimate of drug-likeness (QED) is 0.897. The van der Waals surface area contributed by atoms with Gasteiger partial charge in [-0.1, -0.05) is 35.0 Å². The molecule has 17 heavy (non-hydrogen) atoms. The summed E-state index contributed by atoms with van der Waals surface area (Å²) in [4.78, 5) is 4.28. The summed E-state index contributed by atoms with van der Waals surface area (Å²) in [5, 5.41) is 6.69. The van der Waals surface area contributed by atoms with Crippen molar-refractivity contribution in [1.29, 1.82) is 0 Å². The van der Waals surface area contributed by atoms with E-state index >= 15 is 0 Å². The Kier molecular flexibility index (Phi) is 4.71. The summed E-state index contributed by atoms with van der Waals surface area (Å²) < 4.78 is 1.13. The molecule has 0 amide bonds. The van der Waals surface area contributed by atoms with Gasteiger partial charge in [-0.3, -0.25) is 0 Å². The Bertz CT molecular complexity index is 456. The number of hydrogen-bond donors (Lipinski definition) is 1. The highest BCUT2D eigenvalue weighted by Gasteiger charge is 2.09. The van der Waals surface area contributed by atoms with Crippen LogP contribution in [0.15, 0.2) is 40.3 Å². The normalized spacial score (nSPS) is 12.6. The molecule has 0 saturated carbocycles. The van der Waals surface area contributed by atoms with E-state index in [1.807, 2.05) is 11.6 Å². The van der Waals surface area contributed by atoms with E-state index in [0.717, 1.165) is 22.4 Å². The average Bonchev–Trinajstić information content (AvgIpc) is 2.83. The van der Waals surface area contributed by atoms with Crippen LogP contribution in [0.5, 0.6) is 0 Å². The van der Waals surface area contributed by atoms with Gasteiger partial charge in [0, 0.05) is 28.6 Å². The van der Waals surface area contributed by atoms with Crippen molar-refractivity contribution >= 4 is 27.3 Å². The number of halogens is 1. The van der Waals surface area contributed by atoms with Crippen LogP contribution in [0.25, 0.3) is 0 Å². The zero-order valence-corrected chi connectivity index (χ0v) is 12.1. The summed E-state index contributed by atoms with van der Waals surface area (Å²) in [5.74, 6) is 0. The van der Waals surface area contributed by atoms with Crippen LogP contribution in [0.4, 0.5) is 0 Å². The third kappa shape index (κ3) is 3.63. The Labute approximate surface area is 114 Å². The van der Waals surface area contributed by atoms with E-state index in [9.17, 15) is 0 Å². The highest BCUT2D eigenvalue weighted by Crippen LogP contribution is 2.21. The predicted molar refractivity (Wildman–Crippen MR) is 76.1 cm³/mol. The second-order valence-electron chi connectivity index (χ2n) is 3.82. The third-order valence-electron chi connectivity index (χ3n) is 2.64. The molecule has 0 radical (unpaired) electrons. The number of rotatable bonds is 5. The lowest BCUT2D eigenvalue weighted by Crippen LogP contribution is -2.20. The summed E-state index contributed by atoms with van der Waals surface area (Å²) in [7, 11) is 0. The number of benzene rings is 1. The van der Waals surface area contributed by atoms with Gasteiger partial charge in [-0.05, 0) is 24.1 Å². The first-order valence-electron chi connectivity index (χ1n) is 5.67. The van der Waals surface area contributed by atoms with E-state index in [-0.39, 0.29) is 0 Å². The Morgan fingerprint density at radius 2 is 2.35 bits per heavy atom. The van der Waals surface area contributed by atoms with Crippen LogP contribution in [0.2, 0.25) is 0 Å². The van der Waals surface area contributed by atoms with Crippen molar-refractivity contribution in [3.8, 4) is 0 Å². The van der Waals surface area contributed by atoms with Gasteiger partial charge in [-0.2, -0.15) is 0 Å². The van der Waals surface area contributed by atoms with Crippen molar-refractivity contribution in [2.24, 2.45) is 0 Å². The smallest absolute Gasteiger partial charge is 0.106 e. The lowest BCUT2D eigenvalue weighted by atomic mass is 10.0. The molecule has 0 aliphatic carbocycles. The van der Waals surface area contributed by atoms with E-state index in [4.69, 9.17) is 0 Å². The van der Waals surface area contributed by atoms with E-state index < -0.39 is 0 Å². The van der Waals surface area contributed by atoms with Crippen LogP contribution in [-0.4, -0.2) is 4.98 Å². The van der Waals surface area contributed by atoms with Gasteiger partial charge in [0.05, 0.1) is 0 Å². The zero-order valence-electron chi connectivity index (χ0n) is 9.69. The van der Waals surface area contributed by atoms with Crippen LogP contribution in [0, 0.1) is 0 Å². The van der Waals surface area contributed by atoms with Crippen molar-refractivity contribution in [3.05, 3.63) is 50.9 Å². The molecule has 90 valence electrons. The molecular formula is C13H15BrN2S. The molecule has 1 aromatic heterocycles. The fourth-order valence-corrected chi connectivity index (χ4v) is 2.76. The Morgan fingerprint density at radius 3 is 3.00 bits per heavy atom. The van der Waals surface area contributed by atoms with Gasteiger partial charge in [0.1, 0.15) is 5.01 Å². The monoisotopic (exact) mass is 310 g/mol. The summed E-state index contributed by atoms with van der Waals surface area (Å²) in [6.45, 7) is 3.03. The van der Waals surface area contributed by atoms with Gasteiger partial charge in [-0.15, -0.1) is 11.3 Å². The zero-order chi connectivity index (χ0) is 12.1. The van der Waals surface area contributed by atoms with Gasteiger partial charge in [0.15, 0.2) is 0 Å². The average molecular weight is 311 g/mol. The number of aromatic nitrogens is 1. The van der Waals surface area contributed by atoms with Crippen LogP contribution in [-0.2, 0) is 6.54 Å². The minimum Gasteiger partial charge on any atom is -0.304 e. The number of hydrogen-bond acceptors (Lipinski definition) is 3. The van der Waals surface area contributed by atoms with Gasteiger partial charge in [0.25, 0.3) is 0 Å². The molecule has 2 aromatic rings. The fraction of sp³-hybridized carbons (Fsp3) is 0.308. The highest BCUT2D eigenvalue weighted by molar-refractivity contribution is 9.10. The molecule has 0 saturated heterocycles. The molecule has 0 aliphatic rings. The van der Waals surface area contributed by atoms with Crippen LogP contribution >= 0.6 is 27.3 Å². The first kappa shape index (κ1) is 12.7. The first-order valence-corrected chi connectivity index (χ1v) is 7.34. The van der Waals surface area contributed by atoms with E-state index in [2.05, 4.69) is 57.4 Å². The molecule has 2 nitrogen and oxygen atoms in total. The van der Waals surface area contributed by atoms with Crippen molar-refractivity contribution in [2.75, 3.05) is 0 Å². The second-order valence-corrected chi connectivity index (χ2v) is 5.72. The Hall–Kier alpha value is -0.710. The van der Waals surface area contributed by atoms with Crippen molar-refractivity contribution < 1.29 is 0 Å². The van der Waals surface area contributed by atoms with E-state index in [1.54, 1.807) is 11.3 Å². The maximum atomic E-state index is 4.28. The SMILES string of the molecule is CCC(NCc1nccs1)c1cccc(Br)c1. The first-order chi connectivity index (χ1) is 8.29. The molecule has 4 heteroatoms. The Balaban J connectivity index is 2.01. The predicted octanol–water partition coefficient (Wildman–Crippen LogP) is 4.15. The molecule has 1 atom stereocenters. The summed E-state index contributed by atoms with van der Waals surface area (Å²) >= 11 is 5.20. The van der Waals surface area contributed by atoms with Gasteiger partial charge < -0.3 is 5.32 Å². The molecule has 0 aliphatic heterocycles. The lowest BCUT2D eigenvalue weighted by molar-refractivity contribution is 0.518. The number of nitrogens with zero attached hydrogens (tertiary/aromatic N) is 1. The van der Waals surface area contributed by atoms with Crippen LogP contribution < -0.4 is 5.32 Å².